The minimum atomic E-state index is -0.578. The number of nitriles is 1. The van der Waals surface area contributed by atoms with E-state index in [1.165, 1.54) is 4.57 Å². The van der Waals surface area contributed by atoms with Gasteiger partial charge in [0.2, 0.25) is 0 Å². The van der Waals surface area contributed by atoms with Crippen LogP contribution < -0.4 is 24.8 Å². The summed E-state index contributed by atoms with van der Waals surface area (Å²) < 4.78 is 7.64. The lowest BCUT2D eigenvalue weighted by atomic mass is 10.1. The van der Waals surface area contributed by atoms with Crippen molar-refractivity contribution in [3.63, 3.8) is 0 Å². The topological polar surface area (TPSA) is 84.1 Å². The standard InChI is InChI=1S/C31H27N3O3S/c1-5-16-37-26-14-9-23(10-15-26)18-28-30(36)34(25-13-8-21(3)22(4)17-25)31(38-28)27(19-32)29(35)33-24-11-6-20(2)7-12-24/h5-15,17-18H,1,16H2,2-4H3,(H,33,35)/b28-18+,31-27-. The average Bonchev–Trinajstić information content (AvgIpc) is 3.22. The Balaban J connectivity index is 1.90. The van der Waals surface area contributed by atoms with Gasteiger partial charge in [0.1, 0.15) is 23.1 Å². The van der Waals surface area contributed by atoms with Gasteiger partial charge >= 0.3 is 0 Å². The number of aryl methyl sites for hydroxylation is 3. The minimum absolute atomic E-state index is 0.140. The number of thiazole rings is 1. The molecule has 0 aliphatic rings. The number of anilines is 1. The van der Waals surface area contributed by atoms with Crippen molar-refractivity contribution in [3.05, 3.63) is 121 Å². The van der Waals surface area contributed by atoms with E-state index in [1.54, 1.807) is 24.3 Å². The molecule has 0 aliphatic heterocycles. The van der Waals surface area contributed by atoms with Crippen molar-refractivity contribution in [1.82, 2.24) is 4.57 Å². The zero-order valence-electron chi connectivity index (χ0n) is 21.4. The van der Waals surface area contributed by atoms with Crippen LogP contribution in [0.2, 0.25) is 0 Å². The molecular weight excluding hydrogens is 494 g/mol. The number of carbonyl (C=O) groups is 1. The van der Waals surface area contributed by atoms with Crippen molar-refractivity contribution in [3.8, 4) is 17.5 Å². The summed E-state index contributed by atoms with van der Waals surface area (Å²) in [6.45, 7) is 9.94. The van der Waals surface area contributed by atoms with Gasteiger partial charge < -0.3 is 10.1 Å². The second kappa shape index (κ2) is 11.6. The number of hydrogen-bond donors (Lipinski definition) is 1. The second-order valence-corrected chi connectivity index (χ2v) is 9.83. The van der Waals surface area contributed by atoms with E-state index in [0.717, 1.165) is 33.6 Å². The summed E-state index contributed by atoms with van der Waals surface area (Å²) in [5.74, 6) is 0.111. The molecule has 0 bridgehead atoms. The van der Waals surface area contributed by atoms with Gasteiger partial charge in [-0.05, 0) is 79.9 Å². The van der Waals surface area contributed by atoms with Crippen LogP contribution in [-0.2, 0) is 4.79 Å². The maximum atomic E-state index is 13.7. The first-order valence-corrected chi connectivity index (χ1v) is 12.8. The van der Waals surface area contributed by atoms with Gasteiger partial charge in [0, 0.05) is 5.69 Å². The molecule has 0 saturated heterocycles. The molecule has 1 aromatic heterocycles. The zero-order chi connectivity index (χ0) is 27.2. The molecule has 0 aliphatic carbocycles. The molecule has 6 nitrogen and oxygen atoms in total. The lowest BCUT2D eigenvalue weighted by molar-refractivity contribution is -0.111. The molecule has 0 unspecified atom stereocenters. The van der Waals surface area contributed by atoms with Gasteiger partial charge in [-0.1, -0.05) is 48.6 Å². The van der Waals surface area contributed by atoms with E-state index >= 15 is 0 Å². The minimum Gasteiger partial charge on any atom is -0.490 e. The number of nitrogens with zero attached hydrogens (tertiary/aromatic N) is 2. The highest BCUT2D eigenvalue weighted by molar-refractivity contribution is 7.07. The Bertz CT molecular complexity index is 1720. The first kappa shape index (κ1) is 26.4. The third-order valence-electron chi connectivity index (χ3n) is 5.98. The molecule has 3 aromatic carbocycles. The fourth-order valence-electron chi connectivity index (χ4n) is 3.74. The Kier molecular flexibility index (Phi) is 8.05. The van der Waals surface area contributed by atoms with Gasteiger partial charge in [-0.15, -0.1) is 11.3 Å². The highest BCUT2D eigenvalue weighted by atomic mass is 32.1. The SMILES string of the molecule is C=CCOc1ccc(/C=c2/s/c(=C(/C#N)C(=O)Nc3ccc(C)cc3)n(-c3ccc(C)c(C)c3)c2=O)cc1. The quantitative estimate of drug-likeness (QED) is 0.362. The molecule has 190 valence electrons. The first-order valence-electron chi connectivity index (χ1n) is 12.0. The molecule has 7 heteroatoms. The van der Waals surface area contributed by atoms with Gasteiger partial charge in [-0.25, -0.2) is 0 Å². The fourth-order valence-corrected chi connectivity index (χ4v) is 4.84. The fraction of sp³-hybridized carbons (Fsp3) is 0.129. The van der Waals surface area contributed by atoms with Gasteiger partial charge in [-0.2, -0.15) is 5.26 Å². The summed E-state index contributed by atoms with van der Waals surface area (Å²) in [4.78, 5) is 26.9. The number of carbonyl (C=O) groups excluding carboxylic acids is 1. The molecule has 0 fully saturated rings. The molecule has 1 amide bonds. The lowest BCUT2D eigenvalue weighted by Gasteiger charge is -2.08. The Morgan fingerprint density at radius 3 is 2.39 bits per heavy atom. The van der Waals surface area contributed by atoms with E-state index in [0.29, 0.717) is 28.3 Å². The summed E-state index contributed by atoms with van der Waals surface area (Å²) in [6, 6.07) is 22.3. The maximum absolute atomic E-state index is 13.7. The summed E-state index contributed by atoms with van der Waals surface area (Å²) in [5.41, 5.74) is 4.62. The molecule has 38 heavy (non-hydrogen) atoms. The van der Waals surface area contributed by atoms with E-state index in [9.17, 15) is 14.9 Å². The van der Waals surface area contributed by atoms with E-state index in [-0.39, 0.29) is 15.8 Å². The van der Waals surface area contributed by atoms with E-state index in [2.05, 4.69) is 11.9 Å². The van der Waals surface area contributed by atoms with Gasteiger partial charge in [-0.3, -0.25) is 14.2 Å². The number of benzene rings is 3. The van der Waals surface area contributed by atoms with Crippen molar-refractivity contribution in [1.29, 1.82) is 5.26 Å². The van der Waals surface area contributed by atoms with Gasteiger partial charge in [0.25, 0.3) is 11.5 Å². The molecule has 1 N–H and O–H groups in total. The number of aromatic nitrogens is 1. The predicted molar refractivity (Wildman–Crippen MR) is 153 cm³/mol. The van der Waals surface area contributed by atoms with Crippen LogP contribution in [0.4, 0.5) is 5.69 Å². The number of rotatable bonds is 7. The number of nitrogens with one attached hydrogen (secondary N) is 1. The maximum Gasteiger partial charge on any atom is 0.273 e. The summed E-state index contributed by atoms with van der Waals surface area (Å²) in [6.07, 6.45) is 3.42. The summed E-state index contributed by atoms with van der Waals surface area (Å²) in [7, 11) is 0. The zero-order valence-corrected chi connectivity index (χ0v) is 22.3. The Morgan fingerprint density at radius 1 is 1.05 bits per heavy atom. The lowest BCUT2D eigenvalue weighted by Crippen LogP contribution is -2.32. The third-order valence-corrected chi connectivity index (χ3v) is 7.07. The van der Waals surface area contributed by atoms with E-state index in [1.807, 2.05) is 81.4 Å². The average molecular weight is 522 g/mol. The summed E-state index contributed by atoms with van der Waals surface area (Å²) in [5, 5.41) is 12.8. The smallest absolute Gasteiger partial charge is 0.273 e. The van der Waals surface area contributed by atoms with Crippen LogP contribution in [0, 0.1) is 32.1 Å². The number of ether oxygens (including phenoxy) is 1. The monoisotopic (exact) mass is 521 g/mol. The van der Waals surface area contributed by atoms with Crippen molar-refractivity contribution in [2.45, 2.75) is 20.8 Å². The predicted octanol–water partition coefficient (Wildman–Crippen LogP) is 4.53. The molecule has 4 aromatic rings. The van der Waals surface area contributed by atoms with Crippen LogP contribution in [0.5, 0.6) is 5.75 Å². The van der Waals surface area contributed by atoms with Crippen molar-refractivity contribution >= 4 is 34.6 Å². The van der Waals surface area contributed by atoms with Crippen LogP contribution in [-0.4, -0.2) is 17.1 Å². The third kappa shape index (κ3) is 5.83. The molecule has 0 atom stereocenters. The molecule has 0 spiro atoms. The van der Waals surface area contributed by atoms with Gasteiger partial charge in [0.15, 0.2) is 5.57 Å². The van der Waals surface area contributed by atoms with Crippen molar-refractivity contribution < 1.29 is 9.53 Å². The first-order chi connectivity index (χ1) is 18.3. The molecule has 0 saturated carbocycles. The van der Waals surface area contributed by atoms with E-state index < -0.39 is 5.91 Å². The van der Waals surface area contributed by atoms with Crippen LogP contribution >= 0.6 is 11.3 Å². The molecular formula is C31H27N3O3S. The highest BCUT2D eigenvalue weighted by Crippen LogP contribution is 2.15. The summed E-state index contributed by atoms with van der Waals surface area (Å²) >= 11 is 1.11. The van der Waals surface area contributed by atoms with Crippen molar-refractivity contribution in [2.24, 2.45) is 0 Å². The Morgan fingerprint density at radius 2 is 1.76 bits per heavy atom. The van der Waals surface area contributed by atoms with Crippen LogP contribution in [0.25, 0.3) is 17.3 Å². The van der Waals surface area contributed by atoms with E-state index in [4.69, 9.17) is 4.74 Å². The molecule has 4 rings (SSSR count). The molecule has 0 radical (unpaired) electrons. The molecule has 1 heterocycles. The Labute approximate surface area is 225 Å². The number of amides is 1. The van der Waals surface area contributed by atoms with Crippen LogP contribution in [0.3, 0.4) is 0 Å². The second-order valence-electron chi connectivity index (χ2n) is 8.80. The van der Waals surface area contributed by atoms with Crippen molar-refractivity contribution in [2.75, 3.05) is 11.9 Å². The number of hydrogen-bond acceptors (Lipinski definition) is 5. The van der Waals surface area contributed by atoms with Gasteiger partial charge in [0.05, 0.1) is 10.2 Å². The van der Waals surface area contributed by atoms with Crippen LogP contribution in [0.15, 0.2) is 84.2 Å². The normalized spacial score (nSPS) is 12.0. The van der Waals surface area contributed by atoms with Crippen LogP contribution in [0.1, 0.15) is 22.3 Å². The largest absolute Gasteiger partial charge is 0.490 e. The highest BCUT2D eigenvalue weighted by Gasteiger charge is 2.17. The Hall–Kier alpha value is -4.67.